The molecule has 2 rings (SSSR count). The van der Waals surface area contributed by atoms with Crippen LogP contribution in [0.3, 0.4) is 0 Å². The summed E-state index contributed by atoms with van der Waals surface area (Å²) in [4.78, 5) is 12.3. The van der Waals surface area contributed by atoms with E-state index in [1.54, 1.807) is 7.11 Å². The summed E-state index contributed by atoms with van der Waals surface area (Å²) in [6.07, 6.45) is 1.78. The Bertz CT molecular complexity index is 669. The highest BCUT2D eigenvalue weighted by molar-refractivity contribution is 8.01. The minimum absolute atomic E-state index is 0.0234. The lowest BCUT2D eigenvalue weighted by atomic mass is 10.0. The Morgan fingerprint density at radius 1 is 1.24 bits per heavy atom. The van der Waals surface area contributed by atoms with Crippen LogP contribution in [0.15, 0.2) is 22.5 Å². The number of nitrogens with zero attached hydrogens (tertiary/aromatic N) is 2. The van der Waals surface area contributed by atoms with E-state index < -0.39 is 0 Å². The number of aryl methyl sites for hydroxylation is 2. The molecule has 0 aliphatic heterocycles. The van der Waals surface area contributed by atoms with Gasteiger partial charge in [-0.05, 0) is 24.0 Å². The number of hydrogen-bond acceptors (Lipinski definition) is 7. The van der Waals surface area contributed by atoms with Crippen molar-refractivity contribution in [3.05, 3.63) is 29.3 Å². The number of hydrogen-bond donors (Lipinski definition) is 2. The summed E-state index contributed by atoms with van der Waals surface area (Å²) in [5.74, 6) is 0.290. The molecule has 0 saturated carbocycles. The highest BCUT2D eigenvalue weighted by atomic mass is 32.2. The monoisotopic (exact) mass is 380 g/mol. The molecule has 1 heterocycles. The molecule has 1 aromatic heterocycles. The number of nitrogens with one attached hydrogen (secondary N) is 2. The minimum atomic E-state index is -0.0234. The summed E-state index contributed by atoms with van der Waals surface area (Å²) < 4.78 is 5.75. The van der Waals surface area contributed by atoms with Crippen molar-refractivity contribution in [1.29, 1.82) is 0 Å². The Balaban J connectivity index is 1.89. The number of ether oxygens (including phenoxy) is 1. The smallest absolute Gasteiger partial charge is 0.234 e. The Morgan fingerprint density at radius 3 is 2.60 bits per heavy atom. The number of benzene rings is 1. The molecule has 0 spiro atoms. The molecule has 136 valence electrons. The molecule has 1 aromatic carbocycles. The third-order valence-electron chi connectivity index (χ3n) is 3.58. The molecular formula is C17H24N4O2S2. The number of aromatic nitrogens is 2. The fourth-order valence-electron chi connectivity index (χ4n) is 2.31. The molecule has 0 aliphatic carbocycles. The quantitative estimate of drug-likeness (QED) is 0.486. The highest BCUT2D eigenvalue weighted by Crippen LogP contribution is 2.26. The lowest BCUT2D eigenvalue weighted by Crippen LogP contribution is -2.16. The van der Waals surface area contributed by atoms with E-state index in [-0.39, 0.29) is 5.91 Å². The van der Waals surface area contributed by atoms with Gasteiger partial charge in [0.2, 0.25) is 11.0 Å². The first-order valence-corrected chi connectivity index (χ1v) is 10.1. The molecule has 2 aromatic rings. The van der Waals surface area contributed by atoms with Gasteiger partial charge in [0.25, 0.3) is 0 Å². The summed E-state index contributed by atoms with van der Waals surface area (Å²) in [5.41, 5.74) is 3.29. The van der Waals surface area contributed by atoms with Gasteiger partial charge < -0.3 is 15.4 Å². The van der Waals surface area contributed by atoms with Gasteiger partial charge in [-0.15, -0.1) is 10.2 Å². The maximum Gasteiger partial charge on any atom is 0.234 e. The van der Waals surface area contributed by atoms with Crippen LogP contribution in [0.5, 0.6) is 0 Å². The predicted molar refractivity (Wildman–Crippen MR) is 105 cm³/mol. The second-order valence-corrected chi connectivity index (χ2v) is 7.49. The first-order valence-electron chi connectivity index (χ1n) is 8.27. The Labute approximate surface area is 156 Å². The molecule has 0 bridgehead atoms. The van der Waals surface area contributed by atoms with Crippen LogP contribution in [-0.4, -0.2) is 42.1 Å². The van der Waals surface area contributed by atoms with Crippen molar-refractivity contribution in [3.63, 3.8) is 0 Å². The Kier molecular flexibility index (Phi) is 8.17. The van der Waals surface area contributed by atoms with E-state index in [1.165, 1.54) is 34.2 Å². The molecule has 1 amide bonds. The van der Waals surface area contributed by atoms with Crippen LogP contribution in [0.4, 0.5) is 10.8 Å². The van der Waals surface area contributed by atoms with Crippen LogP contribution >= 0.6 is 23.1 Å². The van der Waals surface area contributed by atoms with E-state index in [2.05, 4.69) is 46.8 Å². The van der Waals surface area contributed by atoms with Gasteiger partial charge >= 0.3 is 0 Å². The van der Waals surface area contributed by atoms with Crippen molar-refractivity contribution in [2.45, 2.75) is 31.0 Å². The first kappa shape index (κ1) is 19.7. The van der Waals surface area contributed by atoms with Crippen molar-refractivity contribution < 1.29 is 9.53 Å². The molecule has 8 heteroatoms. The SMILES string of the molecule is CCc1cccc(CC)c1NC(=O)CSc1nnc(NCCOC)s1. The molecule has 2 N–H and O–H groups in total. The van der Waals surface area contributed by atoms with E-state index in [0.29, 0.717) is 18.9 Å². The van der Waals surface area contributed by atoms with E-state index in [0.717, 1.165) is 28.0 Å². The minimum Gasteiger partial charge on any atom is -0.383 e. The number of para-hydroxylation sites is 1. The van der Waals surface area contributed by atoms with Crippen molar-refractivity contribution >= 4 is 39.8 Å². The number of amides is 1. The second kappa shape index (κ2) is 10.4. The van der Waals surface area contributed by atoms with E-state index in [1.807, 2.05) is 6.07 Å². The molecule has 6 nitrogen and oxygen atoms in total. The van der Waals surface area contributed by atoms with Crippen LogP contribution in [0, 0.1) is 0 Å². The normalized spacial score (nSPS) is 10.7. The van der Waals surface area contributed by atoms with E-state index in [4.69, 9.17) is 4.74 Å². The third kappa shape index (κ3) is 5.98. The first-order chi connectivity index (χ1) is 12.2. The summed E-state index contributed by atoms with van der Waals surface area (Å²) in [6.45, 7) is 5.49. The third-order valence-corrected chi connectivity index (χ3v) is 5.59. The van der Waals surface area contributed by atoms with E-state index in [9.17, 15) is 4.79 Å². The predicted octanol–water partition coefficient (Wildman–Crippen LogP) is 3.45. The van der Waals surface area contributed by atoms with Gasteiger partial charge in [0.15, 0.2) is 4.34 Å². The van der Waals surface area contributed by atoms with Crippen molar-refractivity contribution in [1.82, 2.24) is 10.2 Å². The summed E-state index contributed by atoms with van der Waals surface area (Å²) in [6, 6.07) is 6.16. The van der Waals surface area contributed by atoms with Gasteiger partial charge in [-0.25, -0.2) is 0 Å². The second-order valence-electron chi connectivity index (χ2n) is 5.29. The molecule has 0 unspecified atom stereocenters. The van der Waals surface area contributed by atoms with Gasteiger partial charge in [0.1, 0.15) is 0 Å². The Hall–Kier alpha value is -1.64. The van der Waals surface area contributed by atoms with Crippen molar-refractivity contribution in [2.24, 2.45) is 0 Å². The fraction of sp³-hybridized carbons (Fsp3) is 0.471. The standard InChI is InChI=1S/C17H24N4O2S2/c1-4-12-7-6-8-13(5-2)15(12)19-14(22)11-24-17-21-20-16(25-17)18-9-10-23-3/h6-8H,4-5,9-11H2,1-3H3,(H,18,20)(H,19,22). The molecule has 0 radical (unpaired) electrons. The van der Waals surface area contributed by atoms with Gasteiger partial charge in [0, 0.05) is 19.3 Å². The summed E-state index contributed by atoms with van der Waals surface area (Å²) in [7, 11) is 1.66. The zero-order valence-electron chi connectivity index (χ0n) is 14.8. The maximum absolute atomic E-state index is 12.3. The van der Waals surface area contributed by atoms with Crippen molar-refractivity contribution in [3.8, 4) is 0 Å². The fourth-order valence-corrected chi connectivity index (χ4v) is 3.88. The van der Waals surface area contributed by atoms with Crippen LogP contribution in [-0.2, 0) is 22.4 Å². The number of carbonyl (C=O) groups is 1. The van der Waals surface area contributed by atoms with Gasteiger partial charge in [-0.1, -0.05) is 55.1 Å². The Morgan fingerprint density at radius 2 is 1.96 bits per heavy atom. The largest absolute Gasteiger partial charge is 0.383 e. The van der Waals surface area contributed by atoms with Crippen molar-refractivity contribution in [2.75, 3.05) is 36.6 Å². The summed E-state index contributed by atoms with van der Waals surface area (Å²) in [5, 5.41) is 15.1. The number of carbonyl (C=O) groups excluding carboxylic acids is 1. The average Bonchev–Trinajstić information content (AvgIpc) is 3.08. The van der Waals surface area contributed by atoms with Crippen LogP contribution < -0.4 is 10.6 Å². The number of rotatable bonds is 10. The van der Waals surface area contributed by atoms with Crippen LogP contribution in [0.2, 0.25) is 0 Å². The maximum atomic E-state index is 12.3. The zero-order valence-corrected chi connectivity index (χ0v) is 16.4. The summed E-state index contributed by atoms with van der Waals surface area (Å²) >= 11 is 2.84. The molecule has 0 atom stereocenters. The highest BCUT2D eigenvalue weighted by Gasteiger charge is 2.12. The zero-order chi connectivity index (χ0) is 18.1. The van der Waals surface area contributed by atoms with Gasteiger partial charge in [0.05, 0.1) is 12.4 Å². The van der Waals surface area contributed by atoms with E-state index >= 15 is 0 Å². The topological polar surface area (TPSA) is 76.1 Å². The number of methoxy groups -OCH3 is 1. The lowest BCUT2D eigenvalue weighted by Gasteiger charge is -2.14. The molecule has 0 saturated heterocycles. The van der Waals surface area contributed by atoms with Gasteiger partial charge in [-0.2, -0.15) is 0 Å². The lowest BCUT2D eigenvalue weighted by molar-refractivity contribution is -0.113. The molecule has 0 fully saturated rings. The molecular weight excluding hydrogens is 356 g/mol. The average molecular weight is 381 g/mol. The number of anilines is 2. The molecule has 25 heavy (non-hydrogen) atoms. The van der Waals surface area contributed by atoms with Crippen LogP contribution in [0.25, 0.3) is 0 Å². The molecule has 0 aliphatic rings. The van der Waals surface area contributed by atoms with Gasteiger partial charge in [-0.3, -0.25) is 4.79 Å². The number of thioether (sulfide) groups is 1. The van der Waals surface area contributed by atoms with Crippen LogP contribution in [0.1, 0.15) is 25.0 Å².